The Kier molecular flexibility index (Phi) is 5.04. The highest BCUT2D eigenvalue weighted by atomic mass is 16.5. The van der Waals surface area contributed by atoms with Crippen LogP contribution in [0.15, 0.2) is 24.3 Å². The molecule has 0 bridgehead atoms. The van der Waals surface area contributed by atoms with Crippen molar-refractivity contribution in [2.24, 2.45) is 11.3 Å². The average molecular weight is 290 g/mol. The maximum Gasteiger partial charge on any atom is 0.192 e. The summed E-state index contributed by atoms with van der Waals surface area (Å²) in [5, 5.41) is 0. The van der Waals surface area contributed by atoms with E-state index in [1.165, 1.54) is 6.42 Å². The van der Waals surface area contributed by atoms with Crippen LogP contribution in [0.4, 0.5) is 0 Å². The molecule has 116 valence electrons. The molecule has 0 radical (unpaired) electrons. The molecule has 2 rings (SSSR count). The monoisotopic (exact) mass is 290 g/mol. The lowest BCUT2D eigenvalue weighted by molar-refractivity contribution is -0.0167. The minimum atomic E-state index is -0.0107. The maximum atomic E-state index is 12.3. The fraction of sp³-hybridized carbons (Fsp3) is 0.611. The Hall–Kier alpha value is -1.35. The molecule has 1 fully saturated rings. The second-order valence-corrected chi connectivity index (χ2v) is 6.97. The van der Waals surface area contributed by atoms with E-state index in [0.717, 1.165) is 12.8 Å². The SMILES string of the molecule is COc1ccccc1C(=O)COC1CC(C)CC(C)(C)C1. The highest BCUT2D eigenvalue weighted by molar-refractivity contribution is 5.99. The van der Waals surface area contributed by atoms with Crippen molar-refractivity contribution in [1.29, 1.82) is 0 Å². The zero-order valence-corrected chi connectivity index (χ0v) is 13.5. The zero-order valence-electron chi connectivity index (χ0n) is 13.5. The molecule has 0 aliphatic heterocycles. The van der Waals surface area contributed by atoms with Crippen LogP contribution in [0.2, 0.25) is 0 Å². The molecular formula is C18H26O3. The van der Waals surface area contributed by atoms with E-state index < -0.39 is 0 Å². The quantitative estimate of drug-likeness (QED) is 0.766. The van der Waals surface area contributed by atoms with Gasteiger partial charge in [0.05, 0.1) is 18.8 Å². The topological polar surface area (TPSA) is 35.5 Å². The van der Waals surface area contributed by atoms with Crippen LogP contribution in [-0.2, 0) is 4.74 Å². The number of para-hydroxylation sites is 1. The second kappa shape index (κ2) is 6.61. The molecule has 0 aromatic heterocycles. The summed E-state index contributed by atoms with van der Waals surface area (Å²) in [6.45, 7) is 6.95. The second-order valence-electron chi connectivity index (χ2n) is 6.97. The van der Waals surface area contributed by atoms with Crippen LogP contribution in [0.25, 0.3) is 0 Å². The largest absolute Gasteiger partial charge is 0.496 e. The Morgan fingerprint density at radius 1 is 1.29 bits per heavy atom. The van der Waals surface area contributed by atoms with Gasteiger partial charge in [-0.05, 0) is 42.7 Å². The molecule has 0 N–H and O–H groups in total. The maximum absolute atomic E-state index is 12.3. The summed E-state index contributed by atoms with van der Waals surface area (Å²) in [4.78, 5) is 12.3. The van der Waals surface area contributed by atoms with Crippen LogP contribution >= 0.6 is 0 Å². The summed E-state index contributed by atoms with van der Waals surface area (Å²) in [7, 11) is 1.58. The Labute approximate surface area is 127 Å². The smallest absolute Gasteiger partial charge is 0.192 e. The minimum absolute atomic E-state index is 0.0107. The summed E-state index contributed by atoms with van der Waals surface area (Å²) in [6, 6.07) is 7.31. The van der Waals surface area contributed by atoms with Crippen LogP contribution in [0.5, 0.6) is 5.75 Å². The van der Waals surface area contributed by atoms with Gasteiger partial charge in [0.1, 0.15) is 12.4 Å². The third-order valence-corrected chi connectivity index (χ3v) is 4.20. The van der Waals surface area contributed by atoms with E-state index >= 15 is 0 Å². The van der Waals surface area contributed by atoms with Gasteiger partial charge in [0, 0.05) is 0 Å². The molecule has 3 heteroatoms. The summed E-state index contributed by atoms with van der Waals surface area (Å²) in [5.74, 6) is 1.26. The van der Waals surface area contributed by atoms with Crippen LogP contribution in [-0.4, -0.2) is 25.6 Å². The van der Waals surface area contributed by atoms with E-state index in [-0.39, 0.29) is 18.5 Å². The van der Waals surface area contributed by atoms with Crippen LogP contribution in [0, 0.1) is 11.3 Å². The van der Waals surface area contributed by atoms with E-state index in [0.29, 0.717) is 22.6 Å². The van der Waals surface area contributed by atoms with Gasteiger partial charge in [0.2, 0.25) is 0 Å². The molecule has 0 amide bonds. The molecule has 21 heavy (non-hydrogen) atoms. The average Bonchev–Trinajstić information content (AvgIpc) is 2.42. The molecule has 1 saturated carbocycles. The van der Waals surface area contributed by atoms with Gasteiger partial charge in [-0.2, -0.15) is 0 Å². The third kappa shape index (κ3) is 4.31. The molecule has 0 spiro atoms. The van der Waals surface area contributed by atoms with E-state index in [9.17, 15) is 4.79 Å². The molecule has 3 nitrogen and oxygen atoms in total. The highest BCUT2D eigenvalue weighted by Gasteiger charge is 2.32. The van der Waals surface area contributed by atoms with Crippen molar-refractivity contribution in [2.75, 3.05) is 13.7 Å². The number of Topliss-reactive ketones (excluding diaryl/α,β-unsaturated/α-hetero) is 1. The number of rotatable bonds is 5. The fourth-order valence-electron chi connectivity index (χ4n) is 3.53. The molecule has 1 aliphatic carbocycles. The molecule has 1 aliphatic rings. The standard InChI is InChI=1S/C18H26O3/c1-13-9-14(11-18(2,3)10-13)21-12-16(19)15-7-5-6-8-17(15)20-4/h5-8,13-14H,9-12H2,1-4H3. The number of methoxy groups -OCH3 is 1. The lowest BCUT2D eigenvalue weighted by Gasteiger charge is -2.38. The van der Waals surface area contributed by atoms with Gasteiger partial charge in [0.15, 0.2) is 5.78 Å². The molecule has 0 saturated heterocycles. The van der Waals surface area contributed by atoms with Crippen molar-refractivity contribution in [3.63, 3.8) is 0 Å². The van der Waals surface area contributed by atoms with Crippen molar-refractivity contribution in [3.8, 4) is 5.75 Å². The van der Waals surface area contributed by atoms with Gasteiger partial charge >= 0.3 is 0 Å². The minimum Gasteiger partial charge on any atom is -0.496 e. The number of carbonyl (C=O) groups is 1. The summed E-state index contributed by atoms with van der Waals surface area (Å²) >= 11 is 0. The van der Waals surface area contributed by atoms with Crippen molar-refractivity contribution in [1.82, 2.24) is 0 Å². The number of ether oxygens (including phenoxy) is 2. The van der Waals surface area contributed by atoms with Crippen molar-refractivity contribution >= 4 is 5.78 Å². The lowest BCUT2D eigenvalue weighted by Crippen LogP contribution is -2.33. The van der Waals surface area contributed by atoms with Crippen molar-refractivity contribution in [3.05, 3.63) is 29.8 Å². The van der Waals surface area contributed by atoms with Gasteiger partial charge in [-0.15, -0.1) is 0 Å². The first kappa shape index (κ1) is 16.0. The summed E-state index contributed by atoms with van der Waals surface area (Å²) in [5.41, 5.74) is 0.902. The first-order chi connectivity index (χ1) is 9.91. The van der Waals surface area contributed by atoms with Gasteiger partial charge < -0.3 is 9.47 Å². The summed E-state index contributed by atoms with van der Waals surface area (Å²) in [6.07, 6.45) is 3.48. The van der Waals surface area contributed by atoms with Gasteiger partial charge in [0.25, 0.3) is 0 Å². The number of hydrogen-bond acceptors (Lipinski definition) is 3. The van der Waals surface area contributed by atoms with Gasteiger partial charge in [-0.1, -0.05) is 32.9 Å². The van der Waals surface area contributed by atoms with E-state index in [2.05, 4.69) is 20.8 Å². The van der Waals surface area contributed by atoms with Crippen molar-refractivity contribution < 1.29 is 14.3 Å². The molecule has 1 aromatic rings. The van der Waals surface area contributed by atoms with Crippen LogP contribution < -0.4 is 4.74 Å². The molecule has 2 atom stereocenters. The number of benzene rings is 1. The van der Waals surface area contributed by atoms with Gasteiger partial charge in [-0.25, -0.2) is 0 Å². The highest BCUT2D eigenvalue weighted by Crippen LogP contribution is 2.39. The van der Waals surface area contributed by atoms with E-state index in [1.54, 1.807) is 19.2 Å². The Balaban J connectivity index is 1.95. The van der Waals surface area contributed by atoms with Crippen LogP contribution in [0.1, 0.15) is 50.4 Å². The Morgan fingerprint density at radius 2 is 2.00 bits per heavy atom. The number of carbonyl (C=O) groups excluding carboxylic acids is 1. The first-order valence-corrected chi connectivity index (χ1v) is 7.69. The number of ketones is 1. The Bertz CT molecular complexity index is 493. The lowest BCUT2D eigenvalue weighted by atomic mass is 9.71. The van der Waals surface area contributed by atoms with Gasteiger partial charge in [-0.3, -0.25) is 4.79 Å². The third-order valence-electron chi connectivity index (χ3n) is 4.20. The zero-order chi connectivity index (χ0) is 15.5. The predicted molar refractivity (Wildman–Crippen MR) is 83.9 cm³/mol. The van der Waals surface area contributed by atoms with Crippen LogP contribution in [0.3, 0.4) is 0 Å². The van der Waals surface area contributed by atoms with E-state index in [1.807, 2.05) is 12.1 Å². The normalized spacial score (nSPS) is 24.6. The van der Waals surface area contributed by atoms with E-state index in [4.69, 9.17) is 9.47 Å². The summed E-state index contributed by atoms with van der Waals surface area (Å²) < 4.78 is 11.1. The molecule has 1 aromatic carbocycles. The first-order valence-electron chi connectivity index (χ1n) is 7.69. The molecular weight excluding hydrogens is 264 g/mol. The molecule has 2 unspecified atom stereocenters. The van der Waals surface area contributed by atoms with Crippen molar-refractivity contribution in [2.45, 2.75) is 46.1 Å². The Morgan fingerprint density at radius 3 is 2.67 bits per heavy atom. The number of hydrogen-bond donors (Lipinski definition) is 0. The molecule has 0 heterocycles. The predicted octanol–water partition coefficient (Wildman–Crippen LogP) is 4.11. The fourth-order valence-corrected chi connectivity index (χ4v) is 3.53.